The number of halogens is 1. The molecule has 0 saturated carbocycles. The van der Waals surface area contributed by atoms with E-state index in [9.17, 15) is 10.1 Å². The predicted molar refractivity (Wildman–Crippen MR) is 72.6 cm³/mol. The van der Waals surface area contributed by atoms with Crippen LogP contribution in [0.1, 0.15) is 13.8 Å². The molecule has 1 saturated heterocycles. The van der Waals surface area contributed by atoms with Crippen LogP contribution in [0.4, 0.5) is 11.5 Å². The summed E-state index contributed by atoms with van der Waals surface area (Å²) in [5.74, 6) is 0.313. The van der Waals surface area contributed by atoms with Gasteiger partial charge >= 0.3 is 5.69 Å². The van der Waals surface area contributed by atoms with Gasteiger partial charge in [0, 0.05) is 32.2 Å². The number of aromatic nitrogens is 2. The Morgan fingerprint density at radius 3 is 2.53 bits per heavy atom. The molecule has 0 bridgehead atoms. The summed E-state index contributed by atoms with van der Waals surface area (Å²) >= 11 is 5.74. The fourth-order valence-electron chi connectivity index (χ4n) is 2.16. The first-order valence-corrected chi connectivity index (χ1v) is 6.52. The van der Waals surface area contributed by atoms with E-state index in [1.165, 1.54) is 6.20 Å². The van der Waals surface area contributed by atoms with Gasteiger partial charge < -0.3 is 4.90 Å². The van der Waals surface area contributed by atoms with E-state index in [0.717, 1.165) is 13.1 Å². The Hall–Kier alpha value is -1.47. The second-order valence-corrected chi connectivity index (χ2v) is 5.06. The lowest BCUT2D eigenvalue weighted by molar-refractivity contribution is -0.384. The van der Waals surface area contributed by atoms with Crippen molar-refractivity contribution in [3.05, 3.63) is 21.6 Å². The van der Waals surface area contributed by atoms with Gasteiger partial charge in [0.15, 0.2) is 0 Å². The third-order valence-corrected chi connectivity index (χ3v) is 3.44. The van der Waals surface area contributed by atoms with Crippen molar-refractivity contribution in [2.24, 2.45) is 0 Å². The van der Waals surface area contributed by atoms with Crippen molar-refractivity contribution in [1.82, 2.24) is 14.9 Å². The zero-order valence-corrected chi connectivity index (χ0v) is 11.7. The molecule has 0 atom stereocenters. The number of piperazine rings is 1. The maximum absolute atomic E-state index is 11.0. The van der Waals surface area contributed by atoms with Crippen molar-refractivity contribution in [1.29, 1.82) is 0 Å². The quantitative estimate of drug-likeness (QED) is 0.477. The Bertz CT molecular complexity index is 474. The summed E-state index contributed by atoms with van der Waals surface area (Å²) in [5.41, 5.74) is -0.0950. The van der Waals surface area contributed by atoms with Crippen molar-refractivity contribution < 1.29 is 4.92 Å². The molecule has 1 aromatic rings. The fraction of sp³-hybridized carbons (Fsp3) is 0.636. The summed E-state index contributed by atoms with van der Waals surface area (Å²) in [6.45, 7) is 7.39. The minimum atomic E-state index is -0.472. The highest BCUT2D eigenvalue weighted by Gasteiger charge is 2.26. The maximum Gasteiger partial charge on any atom is 0.329 e. The average Bonchev–Trinajstić information content (AvgIpc) is 2.38. The van der Waals surface area contributed by atoms with E-state index in [1.54, 1.807) is 0 Å². The Morgan fingerprint density at radius 1 is 1.37 bits per heavy atom. The van der Waals surface area contributed by atoms with Gasteiger partial charge in [-0.3, -0.25) is 15.0 Å². The SMILES string of the molecule is CC(C)N1CCN(c2nc(Cl)ncc2[N+](=O)[O-])CC1. The Kier molecular flexibility index (Phi) is 4.16. The number of hydrogen-bond donors (Lipinski definition) is 0. The number of nitro groups is 1. The molecule has 8 heteroatoms. The van der Waals surface area contributed by atoms with Crippen LogP contribution in [-0.2, 0) is 0 Å². The average molecular weight is 286 g/mol. The van der Waals surface area contributed by atoms with Gasteiger partial charge in [-0.2, -0.15) is 4.98 Å². The van der Waals surface area contributed by atoms with E-state index >= 15 is 0 Å². The summed E-state index contributed by atoms with van der Waals surface area (Å²) in [4.78, 5) is 22.4. The Morgan fingerprint density at radius 2 is 2.00 bits per heavy atom. The number of nitrogens with zero attached hydrogens (tertiary/aromatic N) is 5. The normalized spacial score (nSPS) is 16.9. The number of hydrogen-bond acceptors (Lipinski definition) is 6. The molecule has 0 spiro atoms. The van der Waals surface area contributed by atoms with Crippen LogP contribution in [0.2, 0.25) is 5.28 Å². The van der Waals surface area contributed by atoms with Crippen LogP contribution in [0.5, 0.6) is 0 Å². The van der Waals surface area contributed by atoms with Crippen LogP contribution < -0.4 is 4.90 Å². The largest absolute Gasteiger partial charge is 0.348 e. The molecule has 0 aliphatic carbocycles. The lowest BCUT2D eigenvalue weighted by atomic mass is 10.2. The number of rotatable bonds is 3. The molecule has 0 radical (unpaired) electrons. The fourth-order valence-corrected chi connectivity index (χ4v) is 2.29. The highest BCUT2D eigenvalue weighted by molar-refractivity contribution is 6.28. The van der Waals surface area contributed by atoms with Gasteiger partial charge in [-0.1, -0.05) is 0 Å². The smallest absolute Gasteiger partial charge is 0.329 e. The summed E-state index contributed by atoms with van der Waals surface area (Å²) in [6, 6.07) is 0.478. The van der Waals surface area contributed by atoms with Crippen molar-refractivity contribution in [3.8, 4) is 0 Å². The van der Waals surface area contributed by atoms with Crippen LogP contribution in [-0.4, -0.2) is 52.0 Å². The molecule has 1 aromatic heterocycles. The minimum absolute atomic E-state index is 0.0342. The van der Waals surface area contributed by atoms with Crippen molar-refractivity contribution in [3.63, 3.8) is 0 Å². The molecule has 0 N–H and O–H groups in total. The van der Waals surface area contributed by atoms with Gasteiger partial charge in [-0.25, -0.2) is 4.98 Å². The molecule has 19 heavy (non-hydrogen) atoms. The van der Waals surface area contributed by atoms with E-state index in [0.29, 0.717) is 24.9 Å². The highest BCUT2D eigenvalue weighted by Crippen LogP contribution is 2.27. The van der Waals surface area contributed by atoms with Gasteiger partial charge in [0.25, 0.3) is 0 Å². The third kappa shape index (κ3) is 3.10. The molecule has 0 amide bonds. The monoisotopic (exact) mass is 285 g/mol. The van der Waals surface area contributed by atoms with E-state index in [-0.39, 0.29) is 11.0 Å². The first-order valence-electron chi connectivity index (χ1n) is 6.15. The van der Waals surface area contributed by atoms with E-state index in [2.05, 4.69) is 28.7 Å². The molecule has 1 aliphatic heterocycles. The molecule has 1 fully saturated rings. The molecule has 104 valence electrons. The van der Waals surface area contributed by atoms with Crippen molar-refractivity contribution in [2.45, 2.75) is 19.9 Å². The van der Waals surface area contributed by atoms with Gasteiger partial charge in [0.05, 0.1) is 4.92 Å². The minimum Gasteiger partial charge on any atom is -0.348 e. The van der Waals surface area contributed by atoms with E-state index in [1.807, 2.05) is 4.90 Å². The third-order valence-electron chi connectivity index (χ3n) is 3.26. The zero-order chi connectivity index (χ0) is 14.0. The van der Waals surface area contributed by atoms with Crippen molar-refractivity contribution >= 4 is 23.1 Å². The van der Waals surface area contributed by atoms with Gasteiger partial charge in [-0.15, -0.1) is 0 Å². The lowest BCUT2D eigenvalue weighted by Crippen LogP contribution is -2.49. The second-order valence-electron chi connectivity index (χ2n) is 4.72. The molecular weight excluding hydrogens is 270 g/mol. The van der Waals surface area contributed by atoms with Crippen LogP contribution in [0.3, 0.4) is 0 Å². The molecule has 0 aromatic carbocycles. The molecule has 0 unspecified atom stereocenters. The standard InChI is InChI=1S/C11H16ClN5O2/c1-8(2)15-3-5-16(6-4-15)10-9(17(18)19)7-13-11(12)14-10/h7-8H,3-6H2,1-2H3. The van der Waals surface area contributed by atoms with Gasteiger partial charge in [0.2, 0.25) is 11.1 Å². The maximum atomic E-state index is 11.0. The highest BCUT2D eigenvalue weighted by atomic mass is 35.5. The second kappa shape index (κ2) is 5.66. The first kappa shape index (κ1) is 14.0. The van der Waals surface area contributed by atoms with Gasteiger partial charge in [-0.05, 0) is 25.4 Å². The number of anilines is 1. The Balaban J connectivity index is 2.19. The topological polar surface area (TPSA) is 75.4 Å². The van der Waals surface area contributed by atoms with Crippen LogP contribution in [0.25, 0.3) is 0 Å². The lowest BCUT2D eigenvalue weighted by Gasteiger charge is -2.37. The van der Waals surface area contributed by atoms with E-state index in [4.69, 9.17) is 11.6 Å². The van der Waals surface area contributed by atoms with Crippen LogP contribution in [0, 0.1) is 10.1 Å². The molecule has 2 rings (SSSR count). The molecule has 2 heterocycles. The van der Waals surface area contributed by atoms with Gasteiger partial charge in [0.1, 0.15) is 6.20 Å². The van der Waals surface area contributed by atoms with Crippen molar-refractivity contribution in [2.75, 3.05) is 31.1 Å². The first-order chi connectivity index (χ1) is 8.99. The van der Waals surface area contributed by atoms with Crippen LogP contribution >= 0.6 is 11.6 Å². The molecular formula is C11H16ClN5O2. The molecule has 1 aliphatic rings. The Labute approximate surface area is 116 Å². The summed E-state index contributed by atoms with van der Waals surface area (Å²) in [6.07, 6.45) is 1.17. The molecule has 7 nitrogen and oxygen atoms in total. The van der Waals surface area contributed by atoms with Crippen LogP contribution in [0.15, 0.2) is 6.20 Å². The zero-order valence-electron chi connectivity index (χ0n) is 10.9. The predicted octanol–water partition coefficient (Wildman–Crippen LogP) is 1.57. The summed E-state index contributed by atoms with van der Waals surface area (Å²) < 4.78 is 0. The summed E-state index contributed by atoms with van der Waals surface area (Å²) in [7, 11) is 0. The summed E-state index contributed by atoms with van der Waals surface area (Å²) in [5, 5.41) is 11.0. The van der Waals surface area contributed by atoms with E-state index < -0.39 is 4.92 Å².